The molecule has 17 heavy (non-hydrogen) atoms. The van der Waals surface area contributed by atoms with Crippen molar-refractivity contribution < 1.29 is 14.1 Å². The summed E-state index contributed by atoms with van der Waals surface area (Å²) in [5.74, 6) is -0.527. The Morgan fingerprint density at radius 2 is 2.18 bits per heavy atom. The van der Waals surface area contributed by atoms with E-state index in [2.05, 4.69) is 0 Å². The van der Waals surface area contributed by atoms with Crippen LogP contribution in [0.3, 0.4) is 0 Å². The maximum absolute atomic E-state index is 13.0. The van der Waals surface area contributed by atoms with Gasteiger partial charge >= 0.3 is 0 Å². The van der Waals surface area contributed by atoms with Crippen LogP contribution in [0.25, 0.3) is 0 Å². The molecule has 94 valence electrons. The van der Waals surface area contributed by atoms with E-state index < -0.39 is 16.3 Å². The summed E-state index contributed by atoms with van der Waals surface area (Å²) in [6.45, 7) is 3.75. The number of nitrogens with two attached hydrogens (primary N) is 1. The zero-order chi connectivity index (χ0) is 13.1. The Bertz CT molecular complexity index is 416. The maximum Gasteiger partial charge on any atom is 0.275 e. The van der Waals surface area contributed by atoms with Crippen LogP contribution in [0.4, 0.5) is 10.1 Å². The highest BCUT2D eigenvalue weighted by atomic mass is 19.1. The number of nitro groups is 1. The van der Waals surface area contributed by atoms with Crippen LogP contribution in [-0.4, -0.2) is 17.1 Å². The van der Waals surface area contributed by atoms with Crippen molar-refractivity contribution in [3.8, 4) is 0 Å². The fourth-order valence-electron chi connectivity index (χ4n) is 1.27. The average molecular weight is 242 g/mol. The molecule has 1 aromatic carbocycles. The van der Waals surface area contributed by atoms with Crippen molar-refractivity contribution in [2.24, 2.45) is 5.73 Å². The smallest absolute Gasteiger partial charge is 0.275 e. The summed E-state index contributed by atoms with van der Waals surface area (Å²) in [6, 6.07) is 3.28. The number of hydrogen-bond acceptors (Lipinski definition) is 4. The molecule has 1 aromatic rings. The van der Waals surface area contributed by atoms with Crippen molar-refractivity contribution in [3.63, 3.8) is 0 Å². The van der Waals surface area contributed by atoms with Gasteiger partial charge < -0.3 is 10.5 Å². The lowest BCUT2D eigenvalue weighted by atomic mass is 10.1. The second kappa shape index (κ2) is 5.20. The minimum Gasteiger partial charge on any atom is -0.375 e. The Morgan fingerprint density at radius 3 is 2.71 bits per heavy atom. The molecule has 0 atom stereocenters. The number of rotatable bonds is 5. The van der Waals surface area contributed by atoms with Gasteiger partial charge in [0, 0.05) is 11.6 Å². The van der Waals surface area contributed by atoms with Gasteiger partial charge in [-0.3, -0.25) is 10.1 Å². The summed E-state index contributed by atoms with van der Waals surface area (Å²) in [5, 5.41) is 10.7. The first-order valence-electron chi connectivity index (χ1n) is 5.09. The van der Waals surface area contributed by atoms with Gasteiger partial charge in [-0.1, -0.05) is 0 Å². The molecule has 6 heteroatoms. The molecule has 1 rings (SSSR count). The maximum atomic E-state index is 13.0. The molecule has 0 aromatic heterocycles. The van der Waals surface area contributed by atoms with Crippen LogP contribution >= 0.6 is 0 Å². The molecule has 0 fully saturated rings. The molecule has 5 nitrogen and oxygen atoms in total. The predicted octanol–water partition coefficient (Wildman–Crippen LogP) is 1.99. The highest BCUT2D eigenvalue weighted by Gasteiger charge is 2.16. The second-order valence-electron chi connectivity index (χ2n) is 4.51. The first-order valence-corrected chi connectivity index (χ1v) is 5.09. The molecule has 0 aliphatic carbocycles. The normalized spacial score (nSPS) is 11.5. The van der Waals surface area contributed by atoms with Crippen LogP contribution in [0, 0.1) is 15.9 Å². The van der Waals surface area contributed by atoms with E-state index in [0.717, 1.165) is 18.2 Å². The zero-order valence-electron chi connectivity index (χ0n) is 9.77. The Balaban J connectivity index is 2.75. The quantitative estimate of drug-likeness (QED) is 0.632. The van der Waals surface area contributed by atoms with Crippen LogP contribution in [0.1, 0.15) is 19.4 Å². The molecule has 0 aliphatic heterocycles. The van der Waals surface area contributed by atoms with Gasteiger partial charge in [0.15, 0.2) is 0 Å². The molecule has 2 N–H and O–H groups in total. The van der Waals surface area contributed by atoms with Crippen molar-refractivity contribution in [1.82, 2.24) is 0 Å². The first-order chi connectivity index (χ1) is 7.79. The van der Waals surface area contributed by atoms with Gasteiger partial charge in [-0.2, -0.15) is 0 Å². The van der Waals surface area contributed by atoms with Gasteiger partial charge in [0.05, 0.1) is 23.7 Å². The number of nitrogens with zero attached hydrogens (tertiary/aromatic N) is 1. The lowest BCUT2D eigenvalue weighted by molar-refractivity contribution is -0.386. The molecule has 0 unspecified atom stereocenters. The van der Waals surface area contributed by atoms with Crippen LogP contribution in [-0.2, 0) is 11.3 Å². The standard InChI is InChI=1S/C11H15FN2O3/c1-11(2,13)7-17-6-8-5-9(12)3-4-10(8)14(15)16/h3-5H,6-7,13H2,1-2H3. The summed E-state index contributed by atoms with van der Waals surface area (Å²) in [6.07, 6.45) is 0. The van der Waals surface area contributed by atoms with E-state index in [4.69, 9.17) is 10.5 Å². The van der Waals surface area contributed by atoms with E-state index in [1.54, 1.807) is 13.8 Å². The third kappa shape index (κ3) is 4.46. The monoisotopic (exact) mass is 242 g/mol. The number of ether oxygens (including phenoxy) is 1. The van der Waals surface area contributed by atoms with Crippen molar-refractivity contribution in [2.45, 2.75) is 26.0 Å². The summed E-state index contributed by atoms with van der Waals surface area (Å²) < 4.78 is 18.2. The Labute approximate surface area is 98.5 Å². The highest BCUT2D eigenvalue weighted by molar-refractivity contribution is 5.39. The molecular weight excluding hydrogens is 227 g/mol. The zero-order valence-corrected chi connectivity index (χ0v) is 9.77. The Hall–Kier alpha value is -1.53. The van der Waals surface area contributed by atoms with Gasteiger partial charge in [0.1, 0.15) is 5.82 Å². The van der Waals surface area contributed by atoms with Crippen LogP contribution in [0.5, 0.6) is 0 Å². The van der Waals surface area contributed by atoms with E-state index in [0.29, 0.717) is 0 Å². The molecule has 0 radical (unpaired) electrons. The van der Waals surface area contributed by atoms with Crippen molar-refractivity contribution in [2.75, 3.05) is 6.61 Å². The molecular formula is C11H15FN2O3. The summed E-state index contributed by atoms with van der Waals surface area (Å²) >= 11 is 0. The Kier molecular flexibility index (Phi) is 4.14. The fourth-order valence-corrected chi connectivity index (χ4v) is 1.27. The van der Waals surface area contributed by atoms with Gasteiger partial charge in [0.2, 0.25) is 0 Å². The molecule has 0 spiro atoms. The van der Waals surface area contributed by atoms with Gasteiger partial charge in [-0.05, 0) is 26.0 Å². The van der Waals surface area contributed by atoms with Crippen LogP contribution in [0.15, 0.2) is 18.2 Å². The third-order valence-electron chi connectivity index (χ3n) is 1.97. The van der Waals surface area contributed by atoms with E-state index in [1.165, 1.54) is 0 Å². The van der Waals surface area contributed by atoms with Crippen molar-refractivity contribution in [1.29, 1.82) is 0 Å². The molecule has 0 heterocycles. The molecule has 0 saturated heterocycles. The predicted molar refractivity (Wildman–Crippen MR) is 61.0 cm³/mol. The second-order valence-corrected chi connectivity index (χ2v) is 4.51. The molecule has 0 bridgehead atoms. The average Bonchev–Trinajstić information content (AvgIpc) is 2.15. The van der Waals surface area contributed by atoms with Gasteiger partial charge in [-0.15, -0.1) is 0 Å². The van der Waals surface area contributed by atoms with E-state index >= 15 is 0 Å². The summed E-state index contributed by atoms with van der Waals surface area (Å²) in [5.41, 5.74) is 5.22. The minimum absolute atomic E-state index is 0.0330. The van der Waals surface area contributed by atoms with Crippen molar-refractivity contribution in [3.05, 3.63) is 39.7 Å². The Morgan fingerprint density at radius 1 is 1.53 bits per heavy atom. The minimum atomic E-state index is -0.564. The fraction of sp³-hybridized carbons (Fsp3) is 0.455. The highest BCUT2D eigenvalue weighted by Crippen LogP contribution is 2.20. The molecule has 0 saturated carbocycles. The first kappa shape index (κ1) is 13.5. The topological polar surface area (TPSA) is 78.4 Å². The molecule has 0 amide bonds. The number of nitro benzene ring substituents is 1. The molecule has 0 aliphatic rings. The van der Waals surface area contributed by atoms with E-state index in [1.807, 2.05) is 0 Å². The largest absolute Gasteiger partial charge is 0.375 e. The lowest BCUT2D eigenvalue weighted by Crippen LogP contribution is -2.37. The van der Waals surface area contributed by atoms with Gasteiger partial charge in [0.25, 0.3) is 5.69 Å². The van der Waals surface area contributed by atoms with Crippen LogP contribution in [0.2, 0.25) is 0 Å². The number of benzene rings is 1. The van der Waals surface area contributed by atoms with Crippen LogP contribution < -0.4 is 5.73 Å². The summed E-state index contributed by atoms with van der Waals surface area (Å²) in [7, 11) is 0. The number of halogens is 1. The van der Waals surface area contributed by atoms with Crippen molar-refractivity contribution >= 4 is 5.69 Å². The SMILES string of the molecule is CC(C)(N)COCc1cc(F)ccc1[N+](=O)[O-]. The van der Waals surface area contributed by atoms with Gasteiger partial charge in [-0.25, -0.2) is 4.39 Å². The summed E-state index contributed by atoms with van der Waals surface area (Å²) in [4.78, 5) is 10.1. The lowest BCUT2D eigenvalue weighted by Gasteiger charge is -2.18. The third-order valence-corrected chi connectivity index (χ3v) is 1.97. The van der Waals surface area contributed by atoms with E-state index in [9.17, 15) is 14.5 Å². The number of hydrogen-bond donors (Lipinski definition) is 1. The van der Waals surface area contributed by atoms with E-state index in [-0.39, 0.29) is 24.5 Å².